The highest BCUT2D eigenvalue weighted by atomic mass is 16.7. The summed E-state index contributed by atoms with van der Waals surface area (Å²) in [6.07, 6.45) is 0.157. The van der Waals surface area contributed by atoms with Crippen molar-refractivity contribution in [3.05, 3.63) is 41.5 Å². The molecule has 202 valence electrons. The fourth-order valence-corrected chi connectivity index (χ4v) is 6.94. The molecule has 0 aromatic heterocycles. The Kier molecular flexibility index (Phi) is 5.46. The summed E-state index contributed by atoms with van der Waals surface area (Å²) < 4.78 is 10.9. The molecule has 4 N–H and O–H groups in total. The van der Waals surface area contributed by atoms with E-state index in [0.29, 0.717) is 28.2 Å². The Morgan fingerprint density at radius 2 is 1.77 bits per heavy atom. The number of Topliss-reactive ketones (excluding diaryl/α,β-unsaturated/α-hetero) is 4. The van der Waals surface area contributed by atoms with Crippen LogP contribution in [-0.4, -0.2) is 76.7 Å². The largest absolute Gasteiger partial charge is 0.507 e. The minimum atomic E-state index is -2.75. The summed E-state index contributed by atoms with van der Waals surface area (Å²) in [6, 6.07) is 7.19. The van der Waals surface area contributed by atoms with E-state index in [1.54, 1.807) is 38.4 Å². The van der Waals surface area contributed by atoms with Gasteiger partial charge in [-0.05, 0) is 67.7 Å². The summed E-state index contributed by atoms with van der Waals surface area (Å²) in [5.41, 5.74) is 4.41. The average Bonchev–Trinajstić information content (AvgIpc) is 3.34. The lowest BCUT2D eigenvalue weighted by atomic mass is 9.52. The minimum absolute atomic E-state index is 0.0138. The smallest absolute Gasteiger partial charge is 0.235 e. The van der Waals surface area contributed by atoms with Crippen LogP contribution in [0.3, 0.4) is 0 Å². The molecule has 2 unspecified atom stereocenters. The van der Waals surface area contributed by atoms with Gasteiger partial charge in [0.25, 0.3) is 0 Å². The number of phenolic OH excluding ortho intramolecular Hbond substituents is 1. The van der Waals surface area contributed by atoms with E-state index in [4.69, 9.17) is 15.2 Å². The maximum Gasteiger partial charge on any atom is 0.235 e. The van der Waals surface area contributed by atoms with Gasteiger partial charge in [-0.15, -0.1) is 0 Å². The second kappa shape index (κ2) is 8.45. The Balaban J connectivity index is 1.48. The number of phenols is 1. The Bertz CT molecular complexity index is 1500. The Morgan fingerprint density at radius 3 is 2.46 bits per heavy atom. The van der Waals surface area contributed by atoms with E-state index < -0.39 is 64.4 Å². The fraction of sp³-hybridized carbons (Fsp3) is 0.393. The quantitative estimate of drug-likeness (QED) is 0.464. The van der Waals surface area contributed by atoms with Crippen LogP contribution in [0.2, 0.25) is 0 Å². The first-order valence-electron chi connectivity index (χ1n) is 12.6. The lowest BCUT2D eigenvalue weighted by molar-refractivity contribution is -0.181. The zero-order valence-electron chi connectivity index (χ0n) is 21.2. The van der Waals surface area contributed by atoms with E-state index in [2.05, 4.69) is 0 Å². The van der Waals surface area contributed by atoms with Gasteiger partial charge in [-0.2, -0.15) is 0 Å². The summed E-state index contributed by atoms with van der Waals surface area (Å²) in [6.45, 7) is 0.0855. The highest BCUT2D eigenvalue weighted by molar-refractivity contribution is 6.32. The van der Waals surface area contributed by atoms with Gasteiger partial charge >= 0.3 is 0 Å². The number of ether oxygens (including phenoxy) is 2. The van der Waals surface area contributed by atoms with Crippen molar-refractivity contribution in [2.45, 2.75) is 24.5 Å². The Hall–Kier alpha value is -4.09. The standard InChI is InChI=1S/C28H26N2O9/c1-30(2)22-15-8-12-7-14-13(11-3-6-17-18(9-11)39-10-38-17)4-5-16(31)20(14)23(32)19(12)25(34)28(15,37)26(35)21(24(22)33)27(29)36/h3-6,9,12,15,19,21-22,31,37H,7-8,10H2,1-2H3,(H2,29,36)/t12-,15-,19?,21?,22-,28-/m0/s1. The number of carbonyl (C=O) groups is 5. The molecule has 2 fully saturated rings. The number of aliphatic hydroxyl groups is 1. The molecule has 4 aliphatic rings. The van der Waals surface area contributed by atoms with E-state index in [1.807, 2.05) is 0 Å². The Labute approximate surface area is 222 Å². The summed E-state index contributed by atoms with van der Waals surface area (Å²) in [7, 11) is 3.09. The monoisotopic (exact) mass is 534 g/mol. The third-order valence-electron chi connectivity index (χ3n) is 8.63. The van der Waals surface area contributed by atoms with Crippen molar-refractivity contribution in [3.8, 4) is 28.4 Å². The minimum Gasteiger partial charge on any atom is -0.507 e. The van der Waals surface area contributed by atoms with Crippen LogP contribution < -0.4 is 15.2 Å². The van der Waals surface area contributed by atoms with Crippen molar-refractivity contribution in [1.82, 2.24) is 4.90 Å². The molecule has 11 nitrogen and oxygen atoms in total. The number of aromatic hydroxyl groups is 1. The normalized spacial score (nSPS) is 31.1. The van der Waals surface area contributed by atoms with E-state index in [1.165, 1.54) is 11.0 Å². The molecule has 0 spiro atoms. The van der Waals surface area contributed by atoms with Crippen molar-refractivity contribution in [2.24, 2.45) is 29.4 Å². The Morgan fingerprint density at radius 1 is 1.05 bits per heavy atom. The first-order chi connectivity index (χ1) is 18.5. The van der Waals surface area contributed by atoms with Gasteiger partial charge in [0.15, 0.2) is 46.2 Å². The molecular formula is C28H26N2O9. The highest BCUT2D eigenvalue weighted by Crippen LogP contribution is 2.52. The van der Waals surface area contributed by atoms with E-state index in [9.17, 15) is 34.2 Å². The molecule has 1 amide bonds. The number of hydrogen-bond acceptors (Lipinski definition) is 10. The maximum absolute atomic E-state index is 13.9. The number of rotatable bonds is 3. The molecule has 11 heteroatoms. The van der Waals surface area contributed by atoms with Gasteiger partial charge in [-0.25, -0.2) is 0 Å². The number of hydrogen-bond donors (Lipinski definition) is 3. The fourth-order valence-electron chi connectivity index (χ4n) is 6.94. The van der Waals surface area contributed by atoms with Crippen LogP contribution in [0.25, 0.3) is 11.1 Å². The van der Waals surface area contributed by atoms with Gasteiger partial charge in [-0.1, -0.05) is 12.1 Å². The number of likely N-dealkylation sites (N-methyl/N-ethyl adjacent to an activating group) is 1. The molecule has 0 radical (unpaired) electrons. The second-order valence-corrected chi connectivity index (χ2v) is 10.8. The summed E-state index contributed by atoms with van der Waals surface area (Å²) >= 11 is 0. The molecule has 6 rings (SSSR count). The number of nitrogens with two attached hydrogens (primary N) is 1. The zero-order valence-corrected chi connectivity index (χ0v) is 21.2. The molecule has 3 aliphatic carbocycles. The predicted octanol–water partition coefficient (Wildman–Crippen LogP) is 0.263. The van der Waals surface area contributed by atoms with Crippen LogP contribution in [-0.2, 0) is 25.6 Å². The summed E-state index contributed by atoms with van der Waals surface area (Å²) in [4.78, 5) is 67.9. The summed E-state index contributed by atoms with van der Waals surface area (Å²) in [5, 5.41) is 22.4. The number of ketones is 4. The van der Waals surface area contributed by atoms with Crippen LogP contribution in [0.4, 0.5) is 0 Å². The molecule has 1 aliphatic heterocycles. The first-order valence-corrected chi connectivity index (χ1v) is 12.6. The van der Waals surface area contributed by atoms with E-state index in [-0.39, 0.29) is 30.9 Å². The number of carbonyl (C=O) groups excluding carboxylic acids is 5. The van der Waals surface area contributed by atoms with E-state index in [0.717, 1.165) is 0 Å². The highest BCUT2D eigenvalue weighted by Gasteiger charge is 2.69. The molecule has 1 heterocycles. The molecule has 0 saturated heterocycles. The van der Waals surface area contributed by atoms with Gasteiger partial charge in [0.1, 0.15) is 5.75 Å². The SMILES string of the molecule is CN(C)[C@@H]1C(=O)C(C(N)=O)C(=O)[C@@]2(O)C(=O)C3C(=O)c4c(O)ccc(-c5ccc6c(c5)OCO6)c4C[C@H]3C[C@@H]12. The van der Waals surface area contributed by atoms with Crippen LogP contribution in [0.15, 0.2) is 30.3 Å². The van der Waals surface area contributed by atoms with Crippen LogP contribution >= 0.6 is 0 Å². The third kappa shape index (κ3) is 3.32. The molecule has 0 bridgehead atoms. The van der Waals surface area contributed by atoms with E-state index >= 15 is 0 Å². The second-order valence-electron chi connectivity index (χ2n) is 10.8. The molecule has 2 aromatic rings. The van der Waals surface area contributed by atoms with Crippen LogP contribution in [0.1, 0.15) is 22.3 Å². The predicted molar refractivity (Wildman–Crippen MR) is 133 cm³/mol. The maximum atomic E-state index is 13.9. The van der Waals surface area contributed by atoms with Gasteiger partial charge < -0.3 is 25.4 Å². The van der Waals surface area contributed by atoms with Crippen molar-refractivity contribution >= 4 is 29.0 Å². The van der Waals surface area contributed by atoms with Crippen LogP contribution in [0, 0.1) is 23.7 Å². The van der Waals surface area contributed by atoms with Gasteiger partial charge in [0.05, 0.1) is 17.5 Å². The average molecular weight is 535 g/mol. The molecule has 2 aromatic carbocycles. The third-order valence-corrected chi connectivity index (χ3v) is 8.63. The van der Waals surface area contributed by atoms with Crippen molar-refractivity contribution < 1.29 is 43.7 Å². The van der Waals surface area contributed by atoms with Crippen LogP contribution in [0.5, 0.6) is 17.2 Å². The van der Waals surface area contributed by atoms with Gasteiger partial charge in [-0.3, -0.25) is 28.9 Å². The number of primary amides is 1. The first kappa shape index (κ1) is 25.2. The molecule has 6 atom stereocenters. The summed E-state index contributed by atoms with van der Waals surface area (Å²) in [5.74, 6) is -9.62. The molecule has 39 heavy (non-hydrogen) atoms. The lowest BCUT2D eigenvalue weighted by Crippen LogP contribution is -2.74. The van der Waals surface area contributed by atoms with Crippen molar-refractivity contribution in [2.75, 3.05) is 20.9 Å². The zero-order chi connectivity index (χ0) is 28.0. The molecular weight excluding hydrogens is 508 g/mol. The number of benzene rings is 2. The number of fused-ring (bicyclic) bond motifs is 4. The topological polar surface area (TPSA) is 174 Å². The van der Waals surface area contributed by atoms with Crippen molar-refractivity contribution in [1.29, 1.82) is 0 Å². The van der Waals surface area contributed by atoms with Gasteiger partial charge in [0.2, 0.25) is 12.7 Å². The van der Waals surface area contributed by atoms with Gasteiger partial charge in [0, 0.05) is 5.92 Å². The van der Waals surface area contributed by atoms with Crippen molar-refractivity contribution in [3.63, 3.8) is 0 Å². The molecule has 2 saturated carbocycles. The lowest BCUT2D eigenvalue weighted by Gasteiger charge is -2.52. The number of nitrogens with zero attached hydrogens (tertiary/aromatic N) is 1. The number of amides is 1.